The molecule has 1 aromatic rings. The zero-order valence-corrected chi connectivity index (χ0v) is 6.77. The molecule has 0 aromatic heterocycles. The number of rotatable bonds is 0. The zero-order valence-electron chi connectivity index (χ0n) is 6.77. The molecule has 2 rings (SSSR count). The second kappa shape index (κ2) is 2.16. The van der Waals surface area contributed by atoms with Gasteiger partial charge in [-0.25, -0.2) is 0 Å². The highest BCUT2D eigenvalue weighted by Crippen LogP contribution is 2.33. The molecule has 0 amide bonds. The first-order valence-electron chi connectivity index (χ1n) is 3.76. The first kappa shape index (κ1) is 6.53. The van der Waals surface area contributed by atoms with Gasteiger partial charge in [0, 0.05) is 0 Å². The molecule has 0 saturated heterocycles. The lowest BCUT2D eigenvalue weighted by molar-refractivity contribution is 0.370. The Balaban J connectivity index is 2.62. The topological polar surface area (TPSA) is 21.3 Å². The van der Waals surface area contributed by atoms with E-state index in [-0.39, 0.29) is 0 Å². The summed E-state index contributed by atoms with van der Waals surface area (Å²) in [6, 6.07) is 4.17. The van der Waals surface area contributed by atoms with E-state index in [1.807, 2.05) is 0 Å². The molecule has 1 heterocycles. The number of ether oxygens (including phenoxy) is 1. The number of aryl methyl sites for hydroxylation is 1. The van der Waals surface area contributed by atoms with Gasteiger partial charge in [-0.15, -0.1) is 0 Å². The second-order valence-electron chi connectivity index (χ2n) is 2.85. The largest absolute Gasteiger partial charge is 0.471 e. The van der Waals surface area contributed by atoms with Gasteiger partial charge in [0.25, 0.3) is 0 Å². The highest BCUT2D eigenvalue weighted by molar-refractivity contribution is 5.64. The second-order valence-corrected chi connectivity index (χ2v) is 2.85. The minimum Gasteiger partial charge on any atom is -0.471 e. The van der Waals surface area contributed by atoms with Crippen LogP contribution in [0.15, 0.2) is 12.1 Å². The molecule has 1 aromatic carbocycles. The number of anilines is 1. The van der Waals surface area contributed by atoms with Crippen LogP contribution in [0.5, 0.6) is 5.75 Å². The van der Waals surface area contributed by atoms with Gasteiger partial charge >= 0.3 is 0 Å². The van der Waals surface area contributed by atoms with Crippen molar-refractivity contribution in [2.75, 3.05) is 12.0 Å². The Bertz CT molecular complexity index is 294. The van der Waals surface area contributed by atoms with Crippen LogP contribution in [-0.2, 0) is 0 Å². The highest BCUT2D eigenvalue weighted by Gasteiger charge is 2.13. The minimum absolute atomic E-state index is 0.611. The van der Waals surface area contributed by atoms with Crippen molar-refractivity contribution in [3.8, 4) is 5.75 Å². The zero-order chi connectivity index (χ0) is 7.84. The molecule has 1 aliphatic rings. The molecule has 0 unspecified atom stereocenters. The smallest absolute Gasteiger partial charge is 0.159 e. The van der Waals surface area contributed by atoms with Gasteiger partial charge in [0.2, 0.25) is 0 Å². The minimum atomic E-state index is 0.611. The molecule has 2 heteroatoms. The fourth-order valence-electron chi connectivity index (χ4n) is 1.30. The van der Waals surface area contributed by atoms with E-state index in [1.165, 1.54) is 11.1 Å². The van der Waals surface area contributed by atoms with Gasteiger partial charge in [-0.1, -0.05) is 6.07 Å². The fraction of sp³-hybridized carbons (Fsp3) is 0.333. The van der Waals surface area contributed by atoms with Crippen molar-refractivity contribution in [3.05, 3.63) is 23.3 Å². The number of nitrogens with one attached hydrogen (secondary N) is 1. The molecular weight excluding hydrogens is 138 g/mol. The van der Waals surface area contributed by atoms with E-state index >= 15 is 0 Å². The van der Waals surface area contributed by atoms with E-state index in [4.69, 9.17) is 4.74 Å². The Hall–Kier alpha value is -1.18. The van der Waals surface area contributed by atoms with E-state index in [0.717, 1.165) is 11.4 Å². The Morgan fingerprint density at radius 3 is 3.00 bits per heavy atom. The number of benzene rings is 1. The fourth-order valence-corrected chi connectivity index (χ4v) is 1.30. The molecule has 0 fully saturated rings. The third-order valence-corrected chi connectivity index (χ3v) is 2.16. The predicted molar refractivity (Wildman–Crippen MR) is 45.0 cm³/mol. The standard InChI is InChI=1S/C9H11NO/c1-6-3-4-8-9(7(6)2)11-5-10-8/h3-4,10H,5H2,1-2H3. The summed E-state index contributed by atoms with van der Waals surface area (Å²) in [7, 11) is 0. The average molecular weight is 149 g/mol. The van der Waals surface area contributed by atoms with Crippen molar-refractivity contribution < 1.29 is 4.74 Å². The third-order valence-electron chi connectivity index (χ3n) is 2.16. The van der Waals surface area contributed by atoms with Crippen LogP contribution >= 0.6 is 0 Å². The van der Waals surface area contributed by atoms with Crippen LogP contribution in [0.25, 0.3) is 0 Å². The van der Waals surface area contributed by atoms with Crippen molar-refractivity contribution >= 4 is 5.69 Å². The Kier molecular flexibility index (Phi) is 1.28. The van der Waals surface area contributed by atoms with Crippen LogP contribution in [0.4, 0.5) is 5.69 Å². The summed E-state index contributed by atoms with van der Waals surface area (Å²) >= 11 is 0. The maximum absolute atomic E-state index is 5.40. The van der Waals surface area contributed by atoms with E-state index in [2.05, 4.69) is 31.3 Å². The van der Waals surface area contributed by atoms with Crippen LogP contribution in [0.3, 0.4) is 0 Å². The van der Waals surface area contributed by atoms with Crippen LogP contribution in [-0.4, -0.2) is 6.73 Å². The molecule has 0 radical (unpaired) electrons. The number of fused-ring (bicyclic) bond motifs is 1. The summed E-state index contributed by atoms with van der Waals surface area (Å²) < 4.78 is 5.40. The molecule has 1 N–H and O–H groups in total. The average Bonchev–Trinajstić information content (AvgIpc) is 2.45. The SMILES string of the molecule is Cc1ccc2c(c1C)OCN2. The Morgan fingerprint density at radius 2 is 2.18 bits per heavy atom. The van der Waals surface area contributed by atoms with Crippen molar-refractivity contribution in [2.45, 2.75) is 13.8 Å². The molecule has 0 spiro atoms. The quantitative estimate of drug-likeness (QED) is 0.609. The highest BCUT2D eigenvalue weighted by atomic mass is 16.5. The Labute approximate surface area is 66.2 Å². The lowest BCUT2D eigenvalue weighted by atomic mass is 10.1. The summed E-state index contributed by atoms with van der Waals surface area (Å²) in [6.45, 7) is 4.79. The van der Waals surface area contributed by atoms with E-state index in [9.17, 15) is 0 Å². The van der Waals surface area contributed by atoms with Crippen LogP contribution in [0.2, 0.25) is 0 Å². The molecule has 0 bridgehead atoms. The first-order valence-corrected chi connectivity index (χ1v) is 3.76. The molecule has 2 nitrogen and oxygen atoms in total. The molecule has 0 aliphatic carbocycles. The predicted octanol–water partition coefficient (Wildman–Crippen LogP) is 2.07. The van der Waals surface area contributed by atoms with Gasteiger partial charge in [0.05, 0.1) is 5.69 Å². The normalized spacial score (nSPS) is 13.6. The number of hydrogen-bond acceptors (Lipinski definition) is 2. The maximum atomic E-state index is 5.40. The van der Waals surface area contributed by atoms with Crippen LogP contribution < -0.4 is 10.1 Å². The summed E-state index contributed by atoms with van der Waals surface area (Å²) in [5.74, 6) is 1.02. The van der Waals surface area contributed by atoms with Gasteiger partial charge in [0.15, 0.2) is 6.73 Å². The third kappa shape index (κ3) is 0.862. The van der Waals surface area contributed by atoms with Gasteiger partial charge in [-0.05, 0) is 31.0 Å². The van der Waals surface area contributed by atoms with Crippen molar-refractivity contribution in [1.82, 2.24) is 0 Å². The van der Waals surface area contributed by atoms with Gasteiger partial charge in [0.1, 0.15) is 5.75 Å². The van der Waals surface area contributed by atoms with E-state index in [1.54, 1.807) is 0 Å². The molecule has 0 saturated carbocycles. The lowest BCUT2D eigenvalue weighted by Crippen LogP contribution is -1.96. The molecule has 0 atom stereocenters. The summed E-state index contributed by atoms with van der Waals surface area (Å²) in [6.07, 6.45) is 0. The van der Waals surface area contributed by atoms with Crippen molar-refractivity contribution in [2.24, 2.45) is 0 Å². The van der Waals surface area contributed by atoms with E-state index < -0.39 is 0 Å². The summed E-state index contributed by atoms with van der Waals surface area (Å²) in [5.41, 5.74) is 3.65. The summed E-state index contributed by atoms with van der Waals surface area (Å²) in [5, 5.41) is 3.15. The molecule has 58 valence electrons. The molecule has 11 heavy (non-hydrogen) atoms. The maximum Gasteiger partial charge on any atom is 0.159 e. The van der Waals surface area contributed by atoms with Gasteiger partial charge < -0.3 is 10.1 Å². The van der Waals surface area contributed by atoms with E-state index in [0.29, 0.717) is 6.73 Å². The first-order chi connectivity index (χ1) is 5.29. The van der Waals surface area contributed by atoms with Crippen molar-refractivity contribution in [1.29, 1.82) is 0 Å². The molecule has 1 aliphatic heterocycles. The van der Waals surface area contributed by atoms with Crippen molar-refractivity contribution in [3.63, 3.8) is 0 Å². The van der Waals surface area contributed by atoms with Gasteiger partial charge in [-0.2, -0.15) is 0 Å². The van der Waals surface area contributed by atoms with Gasteiger partial charge in [-0.3, -0.25) is 0 Å². The lowest BCUT2D eigenvalue weighted by Gasteiger charge is -2.04. The summed E-state index contributed by atoms with van der Waals surface area (Å²) in [4.78, 5) is 0. The van der Waals surface area contributed by atoms with Crippen LogP contribution in [0.1, 0.15) is 11.1 Å². The monoisotopic (exact) mass is 149 g/mol. The molecular formula is C9H11NO. The Morgan fingerprint density at radius 1 is 1.36 bits per heavy atom. The van der Waals surface area contributed by atoms with Crippen LogP contribution in [0, 0.1) is 13.8 Å². The number of hydrogen-bond donors (Lipinski definition) is 1.